The lowest BCUT2D eigenvalue weighted by atomic mass is 10.1. The molecule has 1 aliphatic carbocycles. The lowest BCUT2D eigenvalue weighted by molar-refractivity contribution is 0.180. The number of benzene rings is 2. The Morgan fingerprint density at radius 3 is 2.80 bits per heavy atom. The standard InChI is InChI=1S/C18H20O2/c19-18-11-8-15-13-16(9-10-17(15)18)20-12-4-7-14-5-2-1-3-6-14/h1-3,5-6,9-10,13,18-19H,4,7-8,11-12H2/t18-/m1/s1. The molecule has 0 saturated carbocycles. The second-order valence-corrected chi connectivity index (χ2v) is 5.35. The highest BCUT2D eigenvalue weighted by atomic mass is 16.5. The fourth-order valence-corrected chi connectivity index (χ4v) is 2.77. The first-order valence-corrected chi connectivity index (χ1v) is 7.30. The Hall–Kier alpha value is -1.80. The van der Waals surface area contributed by atoms with E-state index in [4.69, 9.17) is 4.74 Å². The molecule has 0 fully saturated rings. The highest BCUT2D eigenvalue weighted by Crippen LogP contribution is 2.33. The van der Waals surface area contributed by atoms with E-state index in [1.54, 1.807) is 0 Å². The highest BCUT2D eigenvalue weighted by molar-refractivity contribution is 5.39. The van der Waals surface area contributed by atoms with E-state index in [1.807, 2.05) is 18.2 Å². The fourth-order valence-electron chi connectivity index (χ4n) is 2.77. The van der Waals surface area contributed by atoms with Gasteiger partial charge in [-0.05, 0) is 54.5 Å². The SMILES string of the molecule is O[C@@H]1CCc2cc(OCCCc3ccccc3)ccc21. The maximum absolute atomic E-state index is 9.77. The maximum Gasteiger partial charge on any atom is 0.119 e. The van der Waals surface area contributed by atoms with Crippen LogP contribution < -0.4 is 4.74 Å². The van der Waals surface area contributed by atoms with Crippen LogP contribution in [0, 0.1) is 0 Å². The summed E-state index contributed by atoms with van der Waals surface area (Å²) in [5, 5.41) is 9.77. The Kier molecular flexibility index (Phi) is 4.03. The van der Waals surface area contributed by atoms with E-state index >= 15 is 0 Å². The summed E-state index contributed by atoms with van der Waals surface area (Å²) in [4.78, 5) is 0. The average molecular weight is 268 g/mol. The van der Waals surface area contributed by atoms with E-state index in [0.29, 0.717) is 0 Å². The molecule has 0 saturated heterocycles. The summed E-state index contributed by atoms with van der Waals surface area (Å²) < 4.78 is 5.81. The van der Waals surface area contributed by atoms with Gasteiger partial charge in [0.05, 0.1) is 12.7 Å². The van der Waals surface area contributed by atoms with Gasteiger partial charge in [0.25, 0.3) is 0 Å². The molecule has 1 aliphatic rings. The molecule has 2 nitrogen and oxygen atoms in total. The van der Waals surface area contributed by atoms with E-state index in [-0.39, 0.29) is 6.10 Å². The van der Waals surface area contributed by atoms with Gasteiger partial charge in [-0.2, -0.15) is 0 Å². The normalized spacial score (nSPS) is 16.9. The number of aryl methyl sites for hydroxylation is 2. The number of fused-ring (bicyclic) bond motifs is 1. The molecule has 0 aromatic heterocycles. The minimum Gasteiger partial charge on any atom is -0.494 e. The van der Waals surface area contributed by atoms with E-state index in [9.17, 15) is 5.11 Å². The van der Waals surface area contributed by atoms with Gasteiger partial charge in [0.1, 0.15) is 5.75 Å². The van der Waals surface area contributed by atoms with Gasteiger partial charge in [-0.3, -0.25) is 0 Å². The van der Waals surface area contributed by atoms with Crippen LogP contribution in [0.4, 0.5) is 0 Å². The molecule has 0 bridgehead atoms. The molecule has 3 rings (SSSR count). The van der Waals surface area contributed by atoms with Crippen LogP contribution in [0.3, 0.4) is 0 Å². The van der Waals surface area contributed by atoms with Gasteiger partial charge in [-0.1, -0.05) is 36.4 Å². The van der Waals surface area contributed by atoms with Crippen molar-refractivity contribution in [2.45, 2.75) is 31.8 Å². The van der Waals surface area contributed by atoms with Gasteiger partial charge in [-0.15, -0.1) is 0 Å². The second kappa shape index (κ2) is 6.10. The number of hydrogen-bond donors (Lipinski definition) is 1. The molecular weight excluding hydrogens is 248 g/mol. The molecular formula is C18H20O2. The van der Waals surface area contributed by atoms with Crippen molar-refractivity contribution < 1.29 is 9.84 Å². The van der Waals surface area contributed by atoms with Gasteiger partial charge < -0.3 is 9.84 Å². The number of aliphatic hydroxyl groups excluding tert-OH is 1. The van der Waals surface area contributed by atoms with E-state index in [0.717, 1.165) is 43.6 Å². The zero-order chi connectivity index (χ0) is 13.8. The summed E-state index contributed by atoms with van der Waals surface area (Å²) in [6, 6.07) is 16.5. The summed E-state index contributed by atoms with van der Waals surface area (Å²) in [7, 11) is 0. The highest BCUT2D eigenvalue weighted by Gasteiger charge is 2.20. The summed E-state index contributed by atoms with van der Waals surface area (Å²) in [5.74, 6) is 0.922. The Balaban J connectivity index is 1.50. The van der Waals surface area contributed by atoms with Crippen molar-refractivity contribution in [3.8, 4) is 5.75 Å². The van der Waals surface area contributed by atoms with Crippen LogP contribution in [0.5, 0.6) is 5.75 Å². The first-order valence-electron chi connectivity index (χ1n) is 7.30. The van der Waals surface area contributed by atoms with Crippen LogP contribution in [0.15, 0.2) is 48.5 Å². The Morgan fingerprint density at radius 2 is 1.95 bits per heavy atom. The van der Waals surface area contributed by atoms with Crippen LogP contribution >= 0.6 is 0 Å². The number of aliphatic hydroxyl groups is 1. The van der Waals surface area contributed by atoms with Crippen molar-refractivity contribution in [3.05, 3.63) is 65.2 Å². The monoisotopic (exact) mass is 268 g/mol. The Bertz CT molecular complexity index is 563. The lowest BCUT2D eigenvalue weighted by Crippen LogP contribution is -2.00. The third-order valence-electron chi connectivity index (χ3n) is 3.88. The van der Waals surface area contributed by atoms with Gasteiger partial charge in [0.2, 0.25) is 0 Å². The zero-order valence-electron chi connectivity index (χ0n) is 11.6. The van der Waals surface area contributed by atoms with Crippen LogP contribution in [-0.2, 0) is 12.8 Å². The molecule has 104 valence electrons. The Labute approximate surface area is 120 Å². The number of rotatable bonds is 5. The van der Waals surface area contributed by atoms with Crippen molar-refractivity contribution in [3.63, 3.8) is 0 Å². The molecule has 0 aliphatic heterocycles. The van der Waals surface area contributed by atoms with Crippen LogP contribution in [0.1, 0.15) is 35.6 Å². The van der Waals surface area contributed by atoms with Gasteiger partial charge >= 0.3 is 0 Å². The summed E-state index contributed by atoms with van der Waals surface area (Å²) in [5.41, 5.74) is 3.66. The molecule has 0 radical (unpaired) electrons. The summed E-state index contributed by atoms with van der Waals surface area (Å²) in [6.07, 6.45) is 3.58. The topological polar surface area (TPSA) is 29.5 Å². The average Bonchev–Trinajstić information content (AvgIpc) is 2.86. The number of hydrogen-bond acceptors (Lipinski definition) is 2. The molecule has 0 unspecified atom stereocenters. The predicted molar refractivity (Wildman–Crippen MR) is 80.0 cm³/mol. The summed E-state index contributed by atoms with van der Waals surface area (Å²) in [6.45, 7) is 0.732. The van der Waals surface area contributed by atoms with Crippen molar-refractivity contribution in [2.75, 3.05) is 6.61 Å². The summed E-state index contributed by atoms with van der Waals surface area (Å²) >= 11 is 0. The largest absolute Gasteiger partial charge is 0.494 e. The predicted octanol–water partition coefficient (Wildman–Crippen LogP) is 3.68. The van der Waals surface area contributed by atoms with E-state index in [1.165, 1.54) is 11.1 Å². The van der Waals surface area contributed by atoms with Crippen LogP contribution in [-0.4, -0.2) is 11.7 Å². The fraction of sp³-hybridized carbons (Fsp3) is 0.333. The third-order valence-corrected chi connectivity index (χ3v) is 3.88. The van der Waals surface area contributed by atoms with Gasteiger partial charge in [0.15, 0.2) is 0 Å². The molecule has 2 heteroatoms. The second-order valence-electron chi connectivity index (χ2n) is 5.35. The molecule has 20 heavy (non-hydrogen) atoms. The molecule has 0 heterocycles. The molecule has 0 spiro atoms. The maximum atomic E-state index is 9.77. The van der Waals surface area contributed by atoms with Crippen LogP contribution in [0.25, 0.3) is 0 Å². The zero-order valence-corrected chi connectivity index (χ0v) is 11.6. The van der Waals surface area contributed by atoms with Crippen LogP contribution in [0.2, 0.25) is 0 Å². The molecule has 2 aromatic rings. The first kappa shape index (κ1) is 13.2. The lowest BCUT2D eigenvalue weighted by Gasteiger charge is -2.09. The van der Waals surface area contributed by atoms with E-state index < -0.39 is 0 Å². The molecule has 1 atom stereocenters. The van der Waals surface area contributed by atoms with Crippen molar-refractivity contribution in [1.29, 1.82) is 0 Å². The Morgan fingerprint density at radius 1 is 1.10 bits per heavy atom. The minimum absolute atomic E-state index is 0.280. The third kappa shape index (κ3) is 3.02. The molecule has 2 aromatic carbocycles. The van der Waals surface area contributed by atoms with Gasteiger partial charge in [0, 0.05) is 0 Å². The molecule has 0 amide bonds. The molecule has 1 N–H and O–H groups in total. The van der Waals surface area contributed by atoms with E-state index in [2.05, 4.69) is 30.3 Å². The first-order chi connectivity index (χ1) is 9.83. The number of ether oxygens (including phenoxy) is 1. The minimum atomic E-state index is -0.280. The van der Waals surface area contributed by atoms with Crippen molar-refractivity contribution in [1.82, 2.24) is 0 Å². The quantitative estimate of drug-likeness (QED) is 0.838. The smallest absolute Gasteiger partial charge is 0.119 e. The van der Waals surface area contributed by atoms with Crippen molar-refractivity contribution in [2.24, 2.45) is 0 Å². The van der Waals surface area contributed by atoms with Gasteiger partial charge in [-0.25, -0.2) is 0 Å². The van der Waals surface area contributed by atoms with Crippen molar-refractivity contribution >= 4 is 0 Å².